The quantitative estimate of drug-likeness (QED) is 0.825. The summed E-state index contributed by atoms with van der Waals surface area (Å²) in [6.45, 7) is 0. The van der Waals surface area contributed by atoms with Crippen molar-refractivity contribution in [3.8, 4) is 0 Å². The summed E-state index contributed by atoms with van der Waals surface area (Å²) < 4.78 is 0. The summed E-state index contributed by atoms with van der Waals surface area (Å²) in [5, 5.41) is 0. The number of aromatic nitrogens is 1. The summed E-state index contributed by atoms with van der Waals surface area (Å²) in [5.74, 6) is 0.803. The van der Waals surface area contributed by atoms with Crippen molar-refractivity contribution in [1.29, 1.82) is 0 Å². The van der Waals surface area contributed by atoms with Gasteiger partial charge in [0.2, 0.25) is 0 Å². The molecule has 3 rings (SSSR count). The number of nitrogens with zero attached hydrogens (tertiary/aromatic N) is 1. The van der Waals surface area contributed by atoms with Crippen LogP contribution in [-0.4, -0.2) is 10.8 Å². The van der Waals surface area contributed by atoms with Crippen molar-refractivity contribution in [3.63, 3.8) is 0 Å². The maximum Gasteiger partial charge on any atom is 0.133 e. The molecule has 1 aliphatic carbocycles. The number of ketones is 1. The number of fused-ring (bicyclic) bond motifs is 1. The largest absolute Gasteiger partial charge is 0.300 e. The van der Waals surface area contributed by atoms with Crippen LogP contribution in [0, 0.1) is 0 Å². The topological polar surface area (TPSA) is 30.0 Å². The highest BCUT2D eigenvalue weighted by atomic mass is 16.1. The Labute approximate surface area is 126 Å². The van der Waals surface area contributed by atoms with E-state index in [4.69, 9.17) is 0 Å². The highest BCUT2D eigenvalue weighted by Crippen LogP contribution is 2.34. The first-order valence-corrected chi connectivity index (χ1v) is 7.81. The first kappa shape index (κ1) is 14.0. The Balaban J connectivity index is 1.58. The zero-order valence-corrected chi connectivity index (χ0v) is 12.3. The van der Waals surface area contributed by atoms with E-state index in [1.165, 1.54) is 17.5 Å². The van der Waals surface area contributed by atoms with Crippen LogP contribution in [0.3, 0.4) is 0 Å². The molecule has 0 saturated carbocycles. The van der Waals surface area contributed by atoms with Crippen molar-refractivity contribution >= 4 is 5.78 Å². The van der Waals surface area contributed by atoms with Gasteiger partial charge < -0.3 is 0 Å². The average Bonchev–Trinajstić information content (AvgIpc) is 2.54. The van der Waals surface area contributed by atoms with Gasteiger partial charge in [0.15, 0.2) is 0 Å². The number of hydrogen-bond acceptors (Lipinski definition) is 2. The minimum atomic E-state index is 0.376. The second-order valence-electron chi connectivity index (χ2n) is 5.89. The molecule has 1 heterocycles. The Morgan fingerprint density at radius 1 is 1.19 bits per heavy atom. The van der Waals surface area contributed by atoms with Gasteiger partial charge in [-0.2, -0.15) is 0 Å². The number of benzene rings is 1. The first-order valence-electron chi connectivity index (χ1n) is 7.81. The van der Waals surface area contributed by atoms with Crippen LogP contribution in [-0.2, 0) is 17.6 Å². The number of pyridine rings is 1. The molecular weight excluding hydrogens is 258 g/mol. The standard InChI is InChI=1S/C19H21NO/c21-18(11-10-15-5-4-12-20-14-15)13-17-8-3-7-16-6-1-2-9-19(16)17/h1-2,4-6,9,12,14,17H,3,7-8,10-11,13H2. The summed E-state index contributed by atoms with van der Waals surface area (Å²) in [6, 6.07) is 12.6. The smallest absolute Gasteiger partial charge is 0.133 e. The minimum Gasteiger partial charge on any atom is -0.300 e. The van der Waals surface area contributed by atoms with Crippen LogP contribution in [0.2, 0.25) is 0 Å². The van der Waals surface area contributed by atoms with Gasteiger partial charge >= 0.3 is 0 Å². The number of hydrogen-bond donors (Lipinski definition) is 0. The van der Waals surface area contributed by atoms with Gasteiger partial charge in [0, 0.05) is 25.2 Å². The van der Waals surface area contributed by atoms with Crippen molar-refractivity contribution in [3.05, 3.63) is 65.5 Å². The van der Waals surface area contributed by atoms with Crippen LogP contribution in [0.1, 0.15) is 48.3 Å². The molecule has 108 valence electrons. The fourth-order valence-electron chi connectivity index (χ4n) is 3.27. The molecule has 0 spiro atoms. The molecule has 2 nitrogen and oxygen atoms in total. The van der Waals surface area contributed by atoms with Gasteiger partial charge in [-0.25, -0.2) is 0 Å². The third-order valence-corrected chi connectivity index (χ3v) is 4.38. The van der Waals surface area contributed by atoms with E-state index in [-0.39, 0.29) is 0 Å². The molecule has 0 fully saturated rings. The third kappa shape index (κ3) is 3.57. The molecule has 2 aromatic rings. The van der Waals surface area contributed by atoms with E-state index in [0.717, 1.165) is 24.8 Å². The first-order chi connectivity index (χ1) is 10.3. The fourth-order valence-corrected chi connectivity index (χ4v) is 3.27. The van der Waals surface area contributed by atoms with E-state index in [2.05, 4.69) is 29.2 Å². The van der Waals surface area contributed by atoms with E-state index < -0.39 is 0 Å². The summed E-state index contributed by atoms with van der Waals surface area (Å²) in [7, 11) is 0. The minimum absolute atomic E-state index is 0.376. The van der Waals surface area contributed by atoms with Crippen molar-refractivity contribution in [1.82, 2.24) is 4.98 Å². The van der Waals surface area contributed by atoms with Gasteiger partial charge in [-0.05, 0) is 54.4 Å². The van der Waals surface area contributed by atoms with E-state index in [1.54, 1.807) is 6.20 Å². The molecule has 2 heteroatoms. The Morgan fingerprint density at radius 3 is 2.95 bits per heavy atom. The summed E-state index contributed by atoms with van der Waals surface area (Å²) in [5.41, 5.74) is 3.99. The Bertz CT molecular complexity index is 606. The highest BCUT2D eigenvalue weighted by molar-refractivity contribution is 5.79. The number of carbonyl (C=O) groups is 1. The van der Waals surface area contributed by atoms with E-state index in [0.29, 0.717) is 24.5 Å². The molecule has 1 unspecified atom stereocenters. The van der Waals surface area contributed by atoms with Crippen molar-refractivity contribution < 1.29 is 4.79 Å². The molecule has 1 aromatic heterocycles. The second-order valence-corrected chi connectivity index (χ2v) is 5.89. The SMILES string of the molecule is O=C(CCc1cccnc1)CC1CCCc2ccccc21. The molecule has 0 bridgehead atoms. The second kappa shape index (κ2) is 6.66. The zero-order valence-electron chi connectivity index (χ0n) is 12.3. The van der Waals surface area contributed by atoms with Crippen LogP contribution >= 0.6 is 0 Å². The predicted molar refractivity (Wildman–Crippen MR) is 84.3 cm³/mol. The van der Waals surface area contributed by atoms with Crippen molar-refractivity contribution in [2.45, 2.75) is 44.4 Å². The summed E-state index contributed by atoms with van der Waals surface area (Å²) >= 11 is 0. The molecule has 0 saturated heterocycles. The van der Waals surface area contributed by atoms with Crippen LogP contribution < -0.4 is 0 Å². The van der Waals surface area contributed by atoms with Crippen LogP contribution in [0.4, 0.5) is 0 Å². The Hall–Kier alpha value is -1.96. The van der Waals surface area contributed by atoms with Crippen LogP contribution in [0.15, 0.2) is 48.8 Å². The van der Waals surface area contributed by atoms with Gasteiger partial charge in [0.1, 0.15) is 5.78 Å². The van der Waals surface area contributed by atoms with E-state index >= 15 is 0 Å². The maximum absolute atomic E-state index is 12.3. The summed E-state index contributed by atoms with van der Waals surface area (Å²) in [6.07, 6.45) is 9.26. The molecular formula is C19H21NO. The Kier molecular flexibility index (Phi) is 4.44. The Morgan fingerprint density at radius 2 is 2.10 bits per heavy atom. The van der Waals surface area contributed by atoms with Crippen molar-refractivity contribution in [2.24, 2.45) is 0 Å². The normalized spacial score (nSPS) is 17.2. The predicted octanol–water partition coefficient (Wildman–Crippen LogP) is 4.09. The molecule has 0 N–H and O–H groups in total. The maximum atomic E-state index is 12.3. The molecule has 1 aliphatic rings. The number of carbonyl (C=O) groups excluding carboxylic acids is 1. The average molecular weight is 279 g/mol. The lowest BCUT2D eigenvalue weighted by Crippen LogP contribution is -2.14. The van der Waals surface area contributed by atoms with Gasteiger partial charge in [0.25, 0.3) is 0 Å². The fraction of sp³-hybridized carbons (Fsp3) is 0.368. The summed E-state index contributed by atoms with van der Waals surface area (Å²) in [4.78, 5) is 16.4. The van der Waals surface area contributed by atoms with Gasteiger partial charge in [-0.1, -0.05) is 30.3 Å². The number of aryl methyl sites for hydroxylation is 2. The van der Waals surface area contributed by atoms with Gasteiger partial charge in [-0.15, -0.1) is 0 Å². The van der Waals surface area contributed by atoms with Crippen molar-refractivity contribution in [2.75, 3.05) is 0 Å². The van der Waals surface area contributed by atoms with Crippen LogP contribution in [0.25, 0.3) is 0 Å². The van der Waals surface area contributed by atoms with Gasteiger partial charge in [0.05, 0.1) is 0 Å². The number of rotatable bonds is 5. The lowest BCUT2D eigenvalue weighted by Gasteiger charge is -2.24. The highest BCUT2D eigenvalue weighted by Gasteiger charge is 2.21. The molecule has 0 amide bonds. The molecule has 0 radical (unpaired) electrons. The molecule has 1 atom stereocenters. The van der Waals surface area contributed by atoms with E-state index in [1.807, 2.05) is 18.3 Å². The number of Topliss-reactive ketones (excluding diaryl/α,β-unsaturated/α-hetero) is 1. The molecule has 21 heavy (non-hydrogen) atoms. The lowest BCUT2D eigenvalue weighted by atomic mass is 9.80. The lowest BCUT2D eigenvalue weighted by molar-refractivity contribution is -0.119. The van der Waals surface area contributed by atoms with Crippen LogP contribution in [0.5, 0.6) is 0 Å². The molecule has 0 aliphatic heterocycles. The monoisotopic (exact) mass is 279 g/mol. The molecule has 1 aromatic carbocycles. The van der Waals surface area contributed by atoms with Gasteiger partial charge in [-0.3, -0.25) is 9.78 Å². The van der Waals surface area contributed by atoms with E-state index in [9.17, 15) is 4.79 Å². The third-order valence-electron chi connectivity index (χ3n) is 4.38. The zero-order chi connectivity index (χ0) is 14.5.